The molecule has 1 aromatic rings. The number of pyridine rings is 1. The first-order valence-corrected chi connectivity index (χ1v) is 7.03. The number of rotatable bonds is 5. The first-order valence-electron chi connectivity index (χ1n) is 7.03. The zero-order chi connectivity index (χ0) is 15.6. The van der Waals surface area contributed by atoms with Gasteiger partial charge < -0.3 is 14.9 Å². The molecule has 0 atom stereocenters. The molecular formula is C14H19N3O4. The van der Waals surface area contributed by atoms with Gasteiger partial charge in [-0.25, -0.2) is 0 Å². The lowest BCUT2D eigenvalue weighted by atomic mass is 10.0. The van der Waals surface area contributed by atoms with E-state index in [2.05, 4.69) is 11.9 Å². The molecule has 2 rings (SSSR count). The third-order valence-corrected chi connectivity index (χ3v) is 3.38. The molecule has 0 saturated heterocycles. The van der Waals surface area contributed by atoms with Crippen LogP contribution < -0.4 is 9.64 Å². The maximum atomic E-state index is 12.5. The second-order valence-corrected chi connectivity index (χ2v) is 5.52. The lowest BCUT2D eigenvalue weighted by Crippen LogP contribution is -2.53. The predicted octanol–water partition coefficient (Wildman–Crippen LogP) is 2.68. The van der Waals surface area contributed by atoms with Crippen LogP contribution in [0.4, 0.5) is 11.6 Å². The molecule has 0 radical (unpaired) electrons. The van der Waals surface area contributed by atoms with E-state index >= 15 is 0 Å². The Kier molecular flexibility index (Phi) is 4.11. The normalized spacial score (nSPS) is 16.3. The van der Waals surface area contributed by atoms with Gasteiger partial charge in [-0.1, -0.05) is 19.8 Å². The minimum atomic E-state index is -0.989. The fourth-order valence-corrected chi connectivity index (χ4v) is 2.27. The Morgan fingerprint density at radius 1 is 1.38 bits per heavy atom. The van der Waals surface area contributed by atoms with Gasteiger partial charge in [-0.3, -0.25) is 9.69 Å². The monoisotopic (exact) mass is 293 g/mol. The SMILES string of the molecule is CCCCCN1C(=O)C(C)(C)Oc2ccc([N+](=O)[O-])nc21. The summed E-state index contributed by atoms with van der Waals surface area (Å²) in [6, 6.07) is 2.79. The zero-order valence-electron chi connectivity index (χ0n) is 12.5. The summed E-state index contributed by atoms with van der Waals surface area (Å²) < 4.78 is 5.63. The van der Waals surface area contributed by atoms with Crippen LogP contribution in [0.5, 0.6) is 5.75 Å². The van der Waals surface area contributed by atoms with Gasteiger partial charge in [0.2, 0.25) is 0 Å². The minimum absolute atomic E-state index is 0.223. The van der Waals surface area contributed by atoms with Crippen molar-refractivity contribution >= 4 is 17.5 Å². The molecule has 114 valence electrons. The standard InChI is InChI=1S/C14H19N3O4/c1-4-5-6-9-16-12-10(21-14(2,3)13(16)18)7-8-11(15-12)17(19)20/h7-8H,4-6,9H2,1-3H3. The molecule has 1 amide bonds. The van der Waals surface area contributed by atoms with Crippen molar-refractivity contribution in [2.24, 2.45) is 0 Å². The zero-order valence-corrected chi connectivity index (χ0v) is 12.5. The van der Waals surface area contributed by atoms with E-state index in [0.717, 1.165) is 19.3 Å². The number of nitrogens with zero attached hydrogens (tertiary/aromatic N) is 3. The first kappa shape index (κ1) is 15.2. The Bertz CT molecular complexity index is 571. The van der Waals surface area contributed by atoms with Crippen molar-refractivity contribution < 1.29 is 14.5 Å². The number of amides is 1. The number of fused-ring (bicyclic) bond motifs is 1. The number of ether oxygens (including phenoxy) is 1. The molecule has 1 aromatic heterocycles. The van der Waals surface area contributed by atoms with Gasteiger partial charge in [0.25, 0.3) is 11.7 Å². The van der Waals surface area contributed by atoms with Crippen LogP contribution in [-0.4, -0.2) is 28.0 Å². The summed E-state index contributed by atoms with van der Waals surface area (Å²) in [5, 5.41) is 10.9. The summed E-state index contributed by atoms with van der Waals surface area (Å²) in [7, 11) is 0. The van der Waals surface area contributed by atoms with Gasteiger partial charge in [0.05, 0.1) is 0 Å². The maximum absolute atomic E-state index is 12.5. The lowest BCUT2D eigenvalue weighted by molar-refractivity contribution is -0.389. The largest absolute Gasteiger partial charge is 0.472 e. The Balaban J connectivity index is 2.40. The van der Waals surface area contributed by atoms with E-state index in [1.807, 2.05) is 0 Å². The number of unbranched alkanes of at least 4 members (excludes halogenated alkanes) is 2. The van der Waals surface area contributed by atoms with Crippen LogP contribution >= 0.6 is 0 Å². The van der Waals surface area contributed by atoms with Gasteiger partial charge in [0, 0.05) is 12.6 Å². The number of hydrogen-bond donors (Lipinski definition) is 0. The summed E-state index contributed by atoms with van der Waals surface area (Å²) in [6.07, 6.45) is 2.83. The number of carbonyl (C=O) groups is 1. The molecular weight excluding hydrogens is 274 g/mol. The number of carbonyl (C=O) groups excluding carboxylic acids is 1. The third-order valence-electron chi connectivity index (χ3n) is 3.38. The summed E-state index contributed by atoms with van der Waals surface area (Å²) >= 11 is 0. The van der Waals surface area contributed by atoms with Crippen molar-refractivity contribution in [3.05, 3.63) is 22.2 Å². The van der Waals surface area contributed by atoms with Gasteiger partial charge in [0.1, 0.15) is 0 Å². The van der Waals surface area contributed by atoms with E-state index in [9.17, 15) is 14.9 Å². The van der Waals surface area contributed by atoms with Crippen LogP contribution in [-0.2, 0) is 4.79 Å². The number of anilines is 1. The molecule has 0 unspecified atom stereocenters. The second-order valence-electron chi connectivity index (χ2n) is 5.52. The van der Waals surface area contributed by atoms with Crippen LogP contribution in [0.2, 0.25) is 0 Å². The fourth-order valence-electron chi connectivity index (χ4n) is 2.27. The van der Waals surface area contributed by atoms with E-state index in [1.54, 1.807) is 13.8 Å². The topological polar surface area (TPSA) is 85.6 Å². The van der Waals surface area contributed by atoms with E-state index in [4.69, 9.17) is 4.74 Å². The molecule has 0 fully saturated rings. The van der Waals surface area contributed by atoms with Gasteiger partial charge in [-0.2, -0.15) is 0 Å². The van der Waals surface area contributed by atoms with Crippen LogP contribution in [0, 0.1) is 10.1 Å². The van der Waals surface area contributed by atoms with E-state index < -0.39 is 10.5 Å². The Hall–Kier alpha value is -2.18. The molecule has 0 aliphatic carbocycles. The highest BCUT2D eigenvalue weighted by atomic mass is 16.6. The van der Waals surface area contributed by atoms with Crippen molar-refractivity contribution in [1.29, 1.82) is 0 Å². The van der Waals surface area contributed by atoms with Crippen molar-refractivity contribution in [3.63, 3.8) is 0 Å². The molecule has 0 aromatic carbocycles. The van der Waals surface area contributed by atoms with Crippen LogP contribution in [0.1, 0.15) is 40.0 Å². The predicted molar refractivity (Wildman–Crippen MR) is 77.5 cm³/mol. The number of nitro groups is 1. The van der Waals surface area contributed by atoms with Crippen LogP contribution in [0.25, 0.3) is 0 Å². The van der Waals surface area contributed by atoms with E-state index in [-0.39, 0.29) is 17.5 Å². The van der Waals surface area contributed by atoms with Crippen molar-refractivity contribution in [2.75, 3.05) is 11.4 Å². The molecule has 0 bridgehead atoms. The summed E-state index contributed by atoms with van der Waals surface area (Å²) in [6.45, 7) is 5.93. The average molecular weight is 293 g/mol. The minimum Gasteiger partial charge on any atom is -0.472 e. The van der Waals surface area contributed by atoms with Crippen molar-refractivity contribution in [3.8, 4) is 5.75 Å². The summed E-state index contributed by atoms with van der Waals surface area (Å²) in [5.41, 5.74) is -0.989. The van der Waals surface area contributed by atoms with Crippen molar-refractivity contribution in [2.45, 2.75) is 45.6 Å². The highest BCUT2D eigenvalue weighted by Gasteiger charge is 2.44. The van der Waals surface area contributed by atoms with E-state index in [0.29, 0.717) is 12.3 Å². The Morgan fingerprint density at radius 3 is 2.71 bits per heavy atom. The summed E-state index contributed by atoms with van der Waals surface area (Å²) in [5.74, 6) is 0.135. The molecule has 7 nitrogen and oxygen atoms in total. The average Bonchev–Trinajstić information content (AvgIpc) is 2.42. The van der Waals surface area contributed by atoms with Gasteiger partial charge in [-0.15, -0.1) is 0 Å². The molecule has 0 spiro atoms. The van der Waals surface area contributed by atoms with E-state index in [1.165, 1.54) is 17.0 Å². The molecule has 1 aliphatic heterocycles. The van der Waals surface area contributed by atoms with Crippen LogP contribution in [0.15, 0.2) is 12.1 Å². The molecule has 21 heavy (non-hydrogen) atoms. The quantitative estimate of drug-likeness (QED) is 0.473. The smallest absolute Gasteiger partial charge is 0.366 e. The van der Waals surface area contributed by atoms with Crippen molar-refractivity contribution in [1.82, 2.24) is 4.98 Å². The van der Waals surface area contributed by atoms with Crippen LogP contribution in [0.3, 0.4) is 0 Å². The molecule has 0 N–H and O–H groups in total. The number of aromatic nitrogens is 1. The highest BCUT2D eigenvalue weighted by molar-refractivity contribution is 6.01. The highest BCUT2D eigenvalue weighted by Crippen LogP contribution is 2.37. The van der Waals surface area contributed by atoms with Gasteiger partial charge in [-0.05, 0) is 36.2 Å². The second kappa shape index (κ2) is 5.67. The molecule has 0 saturated carbocycles. The fraction of sp³-hybridized carbons (Fsp3) is 0.571. The maximum Gasteiger partial charge on any atom is 0.366 e. The molecule has 1 aliphatic rings. The Morgan fingerprint density at radius 2 is 2.10 bits per heavy atom. The number of hydrogen-bond acceptors (Lipinski definition) is 5. The van der Waals surface area contributed by atoms with Gasteiger partial charge in [0.15, 0.2) is 11.4 Å². The Labute approximate surface area is 123 Å². The molecule has 2 heterocycles. The molecule has 7 heteroatoms. The lowest BCUT2D eigenvalue weighted by Gasteiger charge is -2.35. The van der Waals surface area contributed by atoms with Gasteiger partial charge >= 0.3 is 5.82 Å². The first-order chi connectivity index (χ1) is 9.86. The third kappa shape index (κ3) is 2.96. The summed E-state index contributed by atoms with van der Waals surface area (Å²) in [4.78, 5) is 28.2.